The van der Waals surface area contributed by atoms with Gasteiger partial charge >= 0.3 is 5.97 Å². The highest BCUT2D eigenvalue weighted by Gasteiger charge is 2.11. The Kier molecular flexibility index (Phi) is 3.93. The van der Waals surface area contributed by atoms with Crippen molar-refractivity contribution in [2.45, 2.75) is 0 Å². The molecule has 0 fully saturated rings. The molecule has 19 heavy (non-hydrogen) atoms. The highest BCUT2D eigenvalue weighted by Crippen LogP contribution is 2.24. The van der Waals surface area contributed by atoms with Crippen LogP contribution in [0.15, 0.2) is 48.8 Å². The van der Waals surface area contributed by atoms with Gasteiger partial charge in [-0.25, -0.2) is 4.79 Å². The van der Waals surface area contributed by atoms with E-state index < -0.39 is 5.97 Å². The Hall–Kier alpha value is -2.62. The Morgan fingerprint density at radius 3 is 2.68 bits per heavy atom. The number of hydrogen-bond acceptors (Lipinski definition) is 3. The van der Waals surface area contributed by atoms with E-state index in [1.807, 2.05) is 12.1 Å². The lowest BCUT2D eigenvalue weighted by Crippen LogP contribution is -2.00. The predicted octanol–water partition coefficient (Wildman–Crippen LogP) is 2.72. The highest BCUT2D eigenvalue weighted by atomic mass is 16.5. The van der Waals surface area contributed by atoms with Gasteiger partial charge in [0.05, 0.1) is 12.7 Å². The number of hydrogen-bond donors (Lipinski definition) is 1. The van der Waals surface area contributed by atoms with Crippen LogP contribution in [0.5, 0.6) is 5.75 Å². The van der Waals surface area contributed by atoms with Gasteiger partial charge in [-0.3, -0.25) is 4.98 Å². The lowest BCUT2D eigenvalue weighted by molar-refractivity contribution is -0.130. The van der Waals surface area contributed by atoms with Gasteiger partial charge in [-0.15, -0.1) is 0 Å². The summed E-state index contributed by atoms with van der Waals surface area (Å²) in [4.78, 5) is 15.3. The summed E-state index contributed by atoms with van der Waals surface area (Å²) in [7, 11) is 1.55. The van der Waals surface area contributed by atoms with Crippen LogP contribution in [0.3, 0.4) is 0 Å². The molecule has 0 saturated heterocycles. The Morgan fingerprint density at radius 2 is 2.05 bits per heavy atom. The van der Waals surface area contributed by atoms with Gasteiger partial charge < -0.3 is 9.84 Å². The molecule has 4 nitrogen and oxygen atoms in total. The Morgan fingerprint density at radius 1 is 1.26 bits per heavy atom. The molecule has 0 aliphatic rings. The molecule has 0 radical (unpaired) electrons. The van der Waals surface area contributed by atoms with Crippen molar-refractivity contribution in [3.8, 4) is 5.75 Å². The zero-order valence-corrected chi connectivity index (χ0v) is 10.4. The normalized spacial score (nSPS) is 11.1. The van der Waals surface area contributed by atoms with E-state index in [-0.39, 0.29) is 5.57 Å². The second-order valence-corrected chi connectivity index (χ2v) is 3.85. The van der Waals surface area contributed by atoms with E-state index in [1.54, 1.807) is 43.6 Å². The van der Waals surface area contributed by atoms with Crippen LogP contribution in [0.2, 0.25) is 0 Å². The number of ether oxygens (including phenoxy) is 1. The first-order valence-corrected chi connectivity index (χ1v) is 5.71. The number of rotatable bonds is 4. The van der Waals surface area contributed by atoms with Gasteiger partial charge in [0.2, 0.25) is 0 Å². The van der Waals surface area contributed by atoms with Crippen molar-refractivity contribution in [3.05, 3.63) is 59.9 Å². The third-order valence-electron chi connectivity index (χ3n) is 2.64. The molecule has 0 saturated carbocycles. The van der Waals surface area contributed by atoms with Gasteiger partial charge in [0.1, 0.15) is 5.75 Å². The number of carbonyl (C=O) groups is 1. The highest BCUT2D eigenvalue weighted by molar-refractivity contribution is 6.20. The predicted molar refractivity (Wildman–Crippen MR) is 72.7 cm³/mol. The van der Waals surface area contributed by atoms with E-state index in [0.29, 0.717) is 16.9 Å². The van der Waals surface area contributed by atoms with Gasteiger partial charge in [-0.05, 0) is 18.2 Å². The number of carboxylic acids is 1. The van der Waals surface area contributed by atoms with Gasteiger partial charge in [0.15, 0.2) is 0 Å². The molecule has 0 spiro atoms. The maximum Gasteiger partial charge on any atom is 0.336 e. The summed E-state index contributed by atoms with van der Waals surface area (Å²) in [5, 5.41) is 9.31. The largest absolute Gasteiger partial charge is 0.496 e. The van der Waals surface area contributed by atoms with Gasteiger partial charge in [-0.2, -0.15) is 0 Å². The molecule has 0 amide bonds. The fraction of sp³-hybridized carbons (Fsp3) is 0.0667. The van der Waals surface area contributed by atoms with Crippen molar-refractivity contribution in [1.29, 1.82) is 0 Å². The Bertz CT molecular complexity index is 606. The van der Waals surface area contributed by atoms with Crippen molar-refractivity contribution in [3.63, 3.8) is 0 Å². The third-order valence-corrected chi connectivity index (χ3v) is 2.64. The van der Waals surface area contributed by atoms with E-state index in [9.17, 15) is 9.90 Å². The van der Waals surface area contributed by atoms with Crippen LogP contribution in [0, 0.1) is 0 Å². The summed E-state index contributed by atoms with van der Waals surface area (Å²) in [5.74, 6) is -0.371. The molecular formula is C15H13NO3. The van der Waals surface area contributed by atoms with Crippen LogP contribution in [0.25, 0.3) is 11.6 Å². The Labute approximate surface area is 111 Å². The first kappa shape index (κ1) is 12.8. The van der Waals surface area contributed by atoms with Crippen molar-refractivity contribution in [2.75, 3.05) is 7.11 Å². The second-order valence-electron chi connectivity index (χ2n) is 3.85. The number of para-hydroxylation sites is 1. The van der Waals surface area contributed by atoms with E-state index in [2.05, 4.69) is 4.98 Å². The maximum atomic E-state index is 11.4. The fourth-order valence-corrected chi connectivity index (χ4v) is 1.73. The molecule has 2 rings (SSSR count). The molecule has 0 bridgehead atoms. The van der Waals surface area contributed by atoms with Gasteiger partial charge in [0.25, 0.3) is 0 Å². The monoisotopic (exact) mass is 255 g/mol. The smallest absolute Gasteiger partial charge is 0.336 e. The summed E-state index contributed by atoms with van der Waals surface area (Å²) in [5.41, 5.74) is 1.45. The van der Waals surface area contributed by atoms with E-state index >= 15 is 0 Å². The van der Waals surface area contributed by atoms with Gasteiger partial charge in [-0.1, -0.05) is 24.3 Å². The zero-order valence-electron chi connectivity index (χ0n) is 10.4. The quantitative estimate of drug-likeness (QED) is 0.853. The van der Waals surface area contributed by atoms with Crippen molar-refractivity contribution >= 4 is 17.6 Å². The van der Waals surface area contributed by atoms with E-state index in [0.717, 1.165) is 0 Å². The summed E-state index contributed by atoms with van der Waals surface area (Å²) >= 11 is 0. The van der Waals surface area contributed by atoms with Crippen LogP contribution in [0.1, 0.15) is 11.1 Å². The van der Waals surface area contributed by atoms with Gasteiger partial charge in [0, 0.05) is 23.5 Å². The molecule has 1 heterocycles. The summed E-state index contributed by atoms with van der Waals surface area (Å²) < 4.78 is 5.21. The molecule has 1 N–H and O–H groups in total. The lowest BCUT2D eigenvalue weighted by atomic mass is 10.0. The minimum atomic E-state index is -1.00. The summed E-state index contributed by atoms with van der Waals surface area (Å²) in [6.07, 6.45) is 4.71. The molecule has 1 aromatic heterocycles. The number of aliphatic carboxylic acids is 1. The number of aromatic nitrogens is 1. The molecule has 0 aliphatic heterocycles. The lowest BCUT2D eigenvalue weighted by Gasteiger charge is -2.06. The number of benzene rings is 1. The maximum absolute atomic E-state index is 11.4. The standard InChI is InChI=1S/C15H13NO3/c1-19-14-7-3-2-5-11(14)9-13(15(17)18)12-6-4-8-16-10-12/h2-10H,1H3,(H,17,18). The van der Waals surface area contributed by atoms with Crippen LogP contribution in [-0.2, 0) is 4.79 Å². The SMILES string of the molecule is COc1ccccc1C=C(C(=O)O)c1cccnc1. The average molecular weight is 255 g/mol. The topological polar surface area (TPSA) is 59.4 Å². The number of methoxy groups -OCH3 is 1. The summed E-state index contributed by atoms with van der Waals surface area (Å²) in [6.45, 7) is 0. The molecule has 0 unspecified atom stereocenters. The van der Waals surface area contributed by atoms with Crippen LogP contribution < -0.4 is 4.74 Å². The number of nitrogens with zero attached hydrogens (tertiary/aromatic N) is 1. The first-order chi connectivity index (χ1) is 9.22. The Balaban J connectivity index is 2.51. The number of carboxylic acid groups (broad SMARTS) is 1. The van der Waals surface area contributed by atoms with E-state index in [1.165, 1.54) is 6.20 Å². The molecule has 96 valence electrons. The van der Waals surface area contributed by atoms with Crippen LogP contribution >= 0.6 is 0 Å². The first-order valence-electron chi connectivity index (χ1n) is 5.71. The van der Waals surface area contributed by atoms with Crippen molar-refractivity contribution < 1.29 is 14.6 Å². The molecule has 2 aromatic rings. The zero-order chi connectivity index (χ0) is 13.7. The molecular weight excluding hydrogens is 242 g/mol. The minimum absolute atomic E-state index is 0.178. The van der Waals surface area contributed by atoms with Crippen LogP contribution in [-0.4, -0.2) is 23.2 Å². The fourth-order valence-electron chi connectivity index (χ4n) is 1.73. The minimum Gasteiger partial charge on any atom is -0.496 e. The van der Waals surface area contributed by atoms with E-state index in [4.69, 9.17) is 4.74 Å². The van der Waals surface area contributed by atoms with Crippen LogP contribution in [0.4, 0.5) is 0 Å². The molecule has 1 aromatic carbocycles. The third kappa shape index (κ3) is 2.98. The molecule has 0 atom stereocenters. The molecule has 0 aliphatic carbocycles. The second kappa shape index (κ2) is 5.82. The summed E-state index contributed by atoms with van der Waals surface area (Å²) in [6, 6.07) is 10.7. The van der Waals surface area contributed by atoms with Crippen molar-refractivity contribution in [1.82, 2.24) is 4.98 Å². The molecule has 4 heteroatoms. The average Bonchev–Trinajstić information content (AvgIpc) is 2.45. The van der Waals surface area contributed by atoms with Crippen molar-refractivity contribution in [2.24, 2.45) is 0 Å². The number of pyridine rings is 1.